The van der Waals surface area contributed by atoms with Crippen molar-refractivity contribution >= 4 is 0 Å². The molecule has 0 heterocycles. The predicted molar refractivity (Wildman–Crippen MR) is 123 cm³/mol. The Morgan fingerprint density at radius 2 is 0.821 bits per heavy atom. The third kappa shape index (κ3) is 7.08. The Hall–Kier alpha value is -2.80. The fourth-order valence-electron chi connectivity index (χ4n) is 2.70. The van der Waals surface area contributed by atoms with Crippen LogP contribution in [-0.2, 0) is 0 Å². The number of phenols is 1. The molecule has 0 aliphatic heterocycles. The van der Waals surface area contributed by atoms with Gasteiger partial charge < -0.3 is 5.11 Å². The molecule has 0 radical (unpaired) electrons. The Labute approximate surface area is 170 Å². The largest absolute Gasteiger partial charge is 0.508 e. The summed E-state index contributed by atoms with van der Waals surface area (Å²) in [5.41, 5.74) is 5.98. The van der Waals surface area contributed by atoms with Crippen LogP contribution in [0.5, 0.6) is 5.75 Å². The van der Waals surface area contributed by atoms with Gasteiger partial charge in [0.2, 0.25) is 0 Å². The number of rotatable bonds is 4. The van der Waals surface area contributed by atoms with Crippen molar-refractivity contribution in [3.05, 3.63) is 90.5 Å². The number of hydrogen-bond donors (Lipinski definition) is 1. The second-order valence-corrected chi connectivity index (χ2v) is 7.86. The molecule has 0 spiro atoms. The molecule has 0 bridgehead atoms. The van der Waals surface area contributed by atoms with Crippen molar-refractivity contribution in [1.29, 1.82) is 0 Å². The zero-order valence-electron chi connectivity index (χ0n) is 17.7. The highest BCUT2D eigenvalue weighted by atomic mass is 16.3. The highest BCUT2D eigenvalue weighted by molar-refractivity contribution is 5.70. The summed E-state index contributed by atoms with van der Waals surface area (Å²) in [5.74, 6) is 1.71. The van der Waals surface area contributed by atoms with E-state index in [0.717, 1.165) is 11.1 Å². The van der Waals surface area contributed by atoms with Crippen LogP contribution in [0, 0.1) is 18.8 Å². The number of benzene rings is 3. The molecule has 0 aromatic heterocycles. The Morgan fingerprint density at radius 3 is 1.14 bits per heavy atom. The van der Waals surface area contributed by atoms with Crippen LogP contribution >= 0.6 is 0 Å². The van der Waals surface area contributed by atoms with Gasteiger partial charge in [-0.15, -0.1) is 0 Å². The number of allylic oxidation sites excluding steroid dienone is 2. The third-order valence-electron chi connectivity index (χ3n) is 4.35. The van der Waals surface area contributed by atoms with Crippen molar-refractivity contribution < 1.29 is 5.11 Å². The average Bonchev–Trinajstić information content (AvgIpc) is 2.68. The van der Waals surface area contributed by atoms with Crippen LogP contribution in [-0.4, -0.2) is 5.11 Å². The van der Waals surface area contributed by atoms with Gasteiger partial charge in [0.05, 0.1) is 0 Å². The minimum absolute atomic E-state index is 0.296. The average molecular weight is 373 g/mol. The maximum absolute atomic E-state index is 9.32. The molecular weight excluding hydrogens is 340 g/mol. The Balaban J connectivity index is 0.000000300. The monoisotopic (exact) mass is 372 g/mol. The van der Waals surface area contributed by atoms with E-state index in [9.17, 15) is 5.11 Å². The van der Waals surface area contributed by atoms with Crippen molar-refractivity contribution in [2.45, 2.75) is 34.6 Å². The van der Waals surface area contributed by atoms with E-state index in [0.29, 0.717) is 17.6 Å². The SMILES string of the molecule is CC(C)/C=C\C(C)C.Cc1ccc(-c2ccc(-c3ccc(O)cc3)cc2)cc1. The summed E-state index contributed by atoms with van der Waals surface area (Å²) in [7, 11) is 0. The molecule has 0 saturated carbocycles. The topological polar surface area (TPSA) is 20.2 Å². The van der Waals surface area contributed by atoms with Crippen LogP contribution < -0.4 is 0 Å². The number of hydrogen-bond acceptors (Lipinski definition) is 1. The first-order chi connectivity index (χ1) is 13.3. The zero-order chi connectivity index (χ0) is 20.5. The summed E-state index contributed by atoms with van der Waals surface area (Å²) in [5, 5.41) is 9.32. The van der Waals surface area contributed by atoms with Gasteiger partial charge in [-0.25, -0.2) is 0 Å². The quantitative estimate of drug-likeness (QED) is 0.462. The van der Waals surface area contributed by atoms with Crippen molar-refractivity contribution in [2.75, 3.05) is 0 Å². The zero-order valence-corrected chi connectivity index (χ0v) is 17.7. The van der Waals surface area contributed by atoms with Crippen LogP contribution in [0.2, 0.25) is 0 Å². The van der Waals surface area contributed by atoms with Crippen LogP contribution in [0.1, 0.15) is 33.3 Å². The van der Waals surface area contributed by atoms with E-state index in [-0.39, 0.29) is 0 Å². The summed E-state index contributed by atoms with van der Waals surface area (Å²) in [6.45, 7) is 10.9. The van der Waals surface area contributed by atoms with E-state index in [2.05, 4.69) is 95.3 Å². The highest BCUT2D eigenvalue weighted by Gasteiger charge is 2.00. The lowest BCUT2D eigenvalue weighted by Crippen LogP contribution is -1.81. The van der Waals surface area contributed by atoms with Crippen molar-refractivity contribution in [1.82, 2.24) is 0 Å². The van der Waals surface area contributed by atoms with Crippen LogP contribution in [0.25, 0.3) is 22.3 Å². The van der Waals surface area contributed by atoms with E-state index in [1.165, 1.54) is 16.7 Å². The molecule has 28 heavy (non-hydrogen) atoms. The summed E-state index contributed by atoms with van der Waals surface area (Å²) in [6, 6.07) is 24.3. The fraction of sp³-hybridized carbons (Fsp3) is 0.259. The van der Waals surface area contributed by atoms with Gasteiger partial charge in [0.1, 0.15) is 5.75 Å². The van der Waals surface area contributed by atoms with Crippen LogP contribution in [0.4, 0.5) is 0 Å². The maximum atomic E-state index is 9.32. The highest BCUT2D eigenvalue weighted by Crippen LogP contribution is 2.26. The van der Waals surface area contributed by atoms with Crippen molar-refractivity contribution in [3.63, 3.8) is 0 Å². The summed E-state index contributed by atoms with van der Waals surface area (Å²) in [6.07, 6.45) is 4.48. The van der Waals surface area contributed by atoms with E-state index < -0.39 is 0 Å². The molecule has 0 saturated heterocycles. The Kier molecular flexibility index (Phi) is 8.07. The molecule has 0 amide bonds. The fourth-order valence-corrected chi connectivity index (χ4v) is 2.70. The maximum Gasteiger partial charge on any atom is 0.115 e. The van der Waals surface area contributed by atoms with E-state index in [1.807, 2.05) is 12.1 Å². The molecule has 0 aliphatic carbocycles. The molecule has 3 rings (SSSR count). The minimum Gasteiger partial charge on any atom is -0.508 e. The first-order valence-electron chi connectivity index (χ1n) is 10.00. The second-order valence-electron chi connectivity index (χ2n) is 7.86. The summed E-state index contributed by atoms with van der Waals surface area (Å²) < 4.78 is 0. The predicted octanol–water partition coefficient (Wildman–Crippen LogP) is 7.89. The lowest BCUT2D eigenvalue weighted by molar-refractivity contribution is 0.475. The molecule has 1 N–H and O–H groups in total. The lowest BCUT2D eigenvalue weighted by atomic mass is 10.00. The molecular formula is C27H32O. The number of aryl methyl sites for hydroxylation is 1. The van der Waals surface area contributed by atoms with Gasteiger partial charge in [-0.3, -0.25) is 0 Å². The first-order valence-corrected chi connectivity index (χ1v) is 10.00. The normalized spacial score (nSPS) is 11.0. The lowest BCUT2D eigenvalue weighted by Gasteiger charge is -2.05. The Morgan fingerprint density at radius 1 is 0.536 bits per heavy atom. The van der Waals surface area contributed by atoms with Gasteiger partial charge in [0, 0.05) is 0 Å². The van der Waals surface area contributed by atoms with E-state index in [4.69, 9.17) is 0 Å². The van der Waals surface area contributed by atoms with Gasteiger partial charge in [-0.2, -0.15) is 0 Å². The molecule has 0 fully saturated rings. The molecule has 0 aliphatic rings. The van der Waals surface area contributed by atoms with Gasteiger partial charge >= 0.3 is 0 Å². The molecule has 146 valence electrons. The minimum atomic E-state index is 0.296. The molecule has 0 atom stereocenters. The molecule has 1 nitrogen and oxygen atoms in total. The van der Waals surface area contributed by atoms with Crippen molar-refractivity contribution in [3.8, 4) is 28.0 Å². The summed E-state index contributed by atoms with van der Waals surface area (Å²) >= 11 is 0. The molecule has 0 unspecified atom stereocenters. The van der Waals surface area contributed by atoms with Gasteiger partial charge in [0.15, 0.2) is 0 Å². The van der Waals surface area contributed by atoms with Crippen LogP contribution in [0.3, 0.4) is 0 Å². The molecule has 3 aromatic carbocycles. The Bertz CT molecular complexity index is 777. The third-order valence-corrected chi connectivity index (χ3v) is 4.35. The number of aromatic hydroxyl groups is 1. The standard InChI is InChI=1S/C19H16O.C8H16/c1-14-2-4-15(5-3-14)16-6-8-17(9-7-16)18-10-12-19(20)13-11-18;1-7(2)5-6-8(3)4/h2-13,20H,1H3;5-8H,1-4H3/b;6-5-. The first kappa shape index (κ1) is 21.5. The van der Waals surface area contributed by atoms with Gasteiger partial charge in [-0.1, -0.05) is 106 Å². The van der Waals surface area contributed by atoms with Crippen LogP contribution in [0.15, 0.2) is 84.9 Å². The van der Waals surface area contributed by atoms with Crippen molar-refractivity contribution in [2.24, 2.45) is 11.8 Å². The van der Waals surface area contributed by atoms with Gasteiger partial charge in [0.25, 0.3) is 0 Å². The summed E-state index contributed by atoms with van der Waals surface area (Å²) in [4.78, 5) is 0. The molecule has 3 aromatic rings. The van der Waals surface area contributed by atoms with Gasteiger partial charge in [-0.05, 0) is 53.1 Å². The number of phenolic OH excluding ortho intramolecular Hbond substituents is 1. The van der Waals surface area contributed by atoms with E-state index >= 15 is 0 Å². The van der Waals surface area contributed by atoms with E-state index in [1.54, 1.807) is 12.1 Å². The second kappa shape index (κ2) is 10.5. The smallest absolute Gasteiger partial charge is 0.115 e. The molecule has 1 heteroatoms.